The van der Waals surface area contributed by atoms with Crippen LogP contribution in [0.4, 0.5) is 17.5 Å². The maximum absolute atomic E-state index is 10.7. The van der Waals surface area contributed by atoms with E-state index in [-0.39, 0.29) is 5.69 Å². The number of non-ortho nitro benzene ring substituents is 1. The van der Waals surface area contributed by atoms with Crippen LogP contribution < -0.4 is 10.6 Å². The third-order valence-corrected chi connectivity index (χ3v) is 3.25. The number of rotatable bonds is 7. The van der Waals surface area contributed by atoms with Gasteiger partial charge in [-0.05, 0) is 18.6 Å². The second kappa shape index (κ2) is 7.27. The van der Waals surface area contributed by atoms with Gasteiger partial charge in [0.05, 0.1) is 22.2 Å². The van der Waals surface area contributed by atoms with Crippen molar-refractivity contribution in [2.75, 3.05) is 23.7 Å². The number of nitrogens with one attached hydrogen (secondary N) is 2. The van der Waals surface area contributed by atoms with Crippen LogP contribution in [0.5, 0.6) is 0 Å². The highest BCUT2D eigenvalue weighted by atomic mass is 16.6. The number of aromatic nitrogens is 4. The minimum Gasteiger partial charge on any atom is -0.369 e. The molecule has 9 nitrogen and oxygen atoms in total. The first-order valence-corrected chi connectivity index (χ1v) is 7.38. The molecule has 0 bridgehead atoms. The monoisotopic (exact) mass is 325 g/mol. The molecule has 0 aliphatic heterocycles. The average molecular weight is 325 g/mol. The minimum absolute atomic E-state index is 0.00622. The highest BCUT2D eigenvalue weighted by molar-refractivity contribution is 5.78. The summed E-state index contributed by atoms with van der Waals surface area (Å²) < 4.78 is 0. The van der Waals surface area contributed by atoms with E-state index in [2.05, 4.69) is 30.6 Å². The maximum atomic E-state index is 10.7. The summed E-state index contributed by atoms with van der Waals surface area (Å²) in [7, 11) is 0. The van der Waals surface area contributed by atoms with Crippen molar-refractivity contribution in [2.24, 2.45) is 0 Å². The molecule has 2 N–H and O–H groups in total. The third kappa shape index (κ3) is 3.88. The summed E-state index contributed by atoms with van der Waals surface area (Å²) in [6, 6.07) is 6.19. The molecule has 2 aromatic heterocycles. The molecule has 122 valence electrons. The number of nitro benzene ring substituents is 1. The van der Waals surface area contributed by atoms with Gasteiger partial charge in [-0.3, -0.25) is 15.1 Å². The van der Waals surface area contributed by atoms with Gasteiger partial charge in [-0.1, -0.05) is 0 Å². The second-order valence-electron chi connectivity index (χ2n) is 4.96. The molecule has 0 atom stereocenters. The van der Waals surface area contributed by atoms with Crippen molar-refractivity contribution in [3.63, 3.8) is 0 Å². The Hall–Kier alpha value is -3.36. The summed E-state index contributed by atoms with van der Waals surface area (Å²) in [5.41, 5.74) is 1.12. The highest BCUT2D eigenvalue weighted by Gasteiger charge is 2.08. The first-order chi connectivity index (χ1) is 11.7. The number of nitrogens with zero attached hydrogens (tertiary/aromatic N) is 5. The number of fused-ring (bicyclic) bond motifs is 1. The van der Waals surface area contributed by atoms with Gasteiger partial charge in [-0.25, -0.2) is 15.0 Å². The summed E-state index contributed by atoms with van der Waals surface area (Å²) in [6.45, 7) is 1.43. The van der Waals surface area contributed by atoms with Crippen molar-refractivity contribution >= 4 is 28.5 Å². The topological polar surface area (TPSA) is 119 Å². The van der Waals surface area contributed by atoms with Crippen LogP contribution in [0.1, 0.15) is 6.42 Å². The number of anilines is 2. The Morgan fingerprint density at radius 1 is 1.04 bits per heavy atom. The summed E-state index contributed by atoms with van der Waals surface area (Å²) in [5, 5.41) is 17.0. The van der Waals surface area contributed by atoms with E-state index in [4.69, 9.17) is 0 Å². The molecule has 9 heteroatoms. The van der Waals surface area contributed by atoms with E-state index < -0.39 is 4.92 Å². The predicted octanol–water partition coefficient (Wildman–Crippen LogP) is 2.24. The summed E-state index contributed by atoms with van der Waals surface area (Å²) in [4.78, 5) is 27.0. The summed E-state index contributed by atoms with van der Waals surface area (Å²) in [6.07, 6.45) is 5.78. The Balaban J connectivity index is 1.52. The fourth-order valence-corrected chi connectivity index (χ4v) is 2.09. The van der Waals surface area contributed by atoms with Crippen LogP contribution in [0.3, 0.4) is 0 Å². The van der Waals surface area contributed by atoms with Crippen molar-refractivity contribution in [1.29, 1.82) is 0 Å². The zero-order valence-electron chi connectivity index (χ0n) is 12.7. The lowest BCUT2D eigenvalue weighted by molar-refractivity contribution is -0.384. The summed E-state index contributed by atoms with van der Waals surface area (Å²) in [5.74, 6) is 1.23. The van der Waals surface area contributed by atoms with E-state index in [1.54, 1.807) is 30.7 Å². The molecule has 1 aromatic carbocycles. The predicted molar refractivity (Wildman–Crippen MR) is 89.8 cm³/mol. The Morgan fingerprint density at radius 3 is 2.62 bits per heavy atom. The van der Waals surface area contributed by atoms with Crippen LogP contribution in [0, 0.1) is 10.1 Å². The molecular formula is C15H15N7O2. The molecule has 0 saturated carbocycles. The molecular weight excluding hydrogens is 310 g/mol. The number of benzene rings is 1. The molecule has 0 aliphatic carbocycles. The zero-order valence-corrected chi connectivity index (χ0v) is 12.7. The molecule has 24 heavy (non-hydrogen) atoms. The molecule has 0 fully saturated rings. The zero-order chi connectivity index (χ0) is 16.8. The van der Waals surface area contributed by atoms with Crippen LogP contribution in [-0.4, -0.2) is 37.9 Å². The van der Waals surface area contributed by atoms with Gasteiger partial charge in [0.1, 0.15) is 5.82 Å². The lowest BCUT2D eigenvalue weighted by Crippen LogP contribution is -2.11. The van der Waals surface area contributed by atoms with Crippen molar-refractivity contribution < 1.29 is 4.92 Å². The Bertz CT molecular complexity index is 842. The molecule has 0 saturated heterocycles. The Labute approximate surface area is 137 Å². The largest absolute Gasteiger partial charge is 0.369 e. The van der Waals surface area contributed by atoms with Gasteiger partial charge in [0, 0.05) is 37.6 Å². The van der Waals surface area contributed by atoms with Crippen LogP contribution in [0.2, 0.25) is 0 Å². The lowest BCUT2D eigenvalue weighted by Gasteiger charge is -2.07. The molecule has 3 rings (SSSR count). The second-order valence-corrected chi connectivity index (χ2v) is 4.96. The first-order valence-electron chi connectivity index (χ1n) is 7.38. The van der Waals surface area contributed by atoms with Crippen LogP contribution in [0.15, 0.2) is 42.9 Å². The normalized spacial score (nSPS) is 10.5. The van der Waals surface area contributed by atoms with E-state index >= 15 is 0 Å². The van der Waals surface area contributed by atoms with E-state index in [1.165, 1.54) is 12.1 Å². The molecule has 2 heterocycles. The van der Waals surface area contributed by atoms with Crippen molar-refractivity contribution in [1.82, 2.24) is 19.9 Å². The van der Waals surface area contributed by atoms with E-state index in [1.807, 2.05) is 0 Å². The van der Waals surface area contributed by atoms with Gasteiger partial charge in [0.15, 0.2) is 0 Å². The van der Waals surface area contributed by atoms with Crippen LogP contribution >= 0.6 is 0 Å². The molecule has 0 spiro atoms. The Kier molecular flexibility index (Phi) is 4.70. The smallest absolute Gasteiger partial charge is 0.271 e. The van der Waals surface area contributed by atoms with E-state index in [0.717, 1.165) is 13.0 Å². The van der Waals surface area contributed by atoms with Gasteiger partial charge in [0.25, 0.3) is 5.69 Å². The maximum Gasteiger partial charge on any atom is 0.271 e. The molecule has 0 radical (unpaired) electrons. The van der Waals surface area contributed by atoms with Crippen LogP contribution in [0.25, 0.3) is 11.0 Å². The number of hydrogen-bond donors (Lipinski definition) is 2. The van der Waals surface area contributed by atoms with Gasteiger partial charge in [-0.15, -0.1) is 0 Å². The highest BCUT2D eigenvalue weighted by Crippen LogP contribution is 2.18. The van der Waals surface area contributed by atoms with Crippen molar-refractivity contribution in [3.8, 4) is 0 Å². The fourth-order valence-electron chi connectivity index (χ4n) is 2.09. The van der Waals surface area contributed by atoms with E-state index in [0.29, 0.717) is 29.3 Å². The van der Waals surface area contributed by atoms with Crippen molar-refractivity contribution in [2.45, 2.75) is 6.42 Å². The SMILES string of the molecule is O=[N+]([O-])c1ccc2nc(NCCCNc3ncccn3)cnc2c1. The van der Waals surface area contributed by atoms with Crippen LogP contribution in [-0.2, 0) is 0 Å². The summed E-state index contributed by atoms with van der Waals surface area (Å²) >= 11 is 0. The van der Waals surface area contributed by atoms with E-state index in [9.17, 15) is 10.1 Å². The molecule has 0 amide bonds. The quantitative estimate of drug-likeness (QED) is 0.385. The lowest BCUT2D eigenvalue weighted by atomic mass is 10.2. The number of nitro groups is 1. The van der Waals surface area contributed by atoms with Gasteiger partial charge < -0.3 is 10.6 Å². The van der Waals surface area contributed by atoms with Crippen molar-refractivity contribution in [3.05, 3.63) is 53.0 Å². The molecule has 0 unspecified atom stereocenters. The fraction of sp³-hybridized carbons (Fsp3) is 0.200. The third-order valence-electron chi connectivity index (χ3n) is 3.25. The van der Waals surface area contributed by atoms with Gasteiger partial charge >= 0.3 is 0 Å². The van der Waals surface area contributed by atoms with Gasteiger partial charge in [-0.2, -0.15) is 0 Å². The minimum atomic E-state index is -0.448. The molecule has 0 aliphatic rings. The number of hydrogen-bond acceptors (Lipinski definition) is 8. The average Bonchev–Trinajstić information content (AvgIpc) is 2.61. The first kappa shape index (κ1) is 15.5. The Morgan fingerprint density at radius 2 is 1.83 bits per heavy atom. The molecule has 3 aromatic rings. The standard InChI is InChI=1S/C15H15N7O2/c23-22(24)11-3-4-12-13(9-11)20-10-14(21-12)16-5-1-6-17-15-18-7-2-8-19-15/h2-4,7-10H,1,5-6H2,(H,16,21)(H,17,18,19). The van der Waals surface area contributed by atoms with Gasteiger partial charge in [0.2, 0.25) is 5.95 Å².